The molecule has 0 aliphatic carbocycles. The van der Waals surface area contributed by atoms with Crippen molar-refractivity contribution >= 4 is 41.0 Å². The molecule has 1 fully saturated rings. The van der Waals surface area contributed by atoms with Crippen LogP contribution in [0.25, 0.3) is 0 Å². The molecule has 0 spiro atoms. The van der Waals surface area contributed by atoms with Crippen molar-refractivity contribution in [2.24, 2.45) is 0 Å². The van der Waals surface area contributed by atoms with E-state index in [1.165, 1.54) is 11.8 Å². The van der Waals surface area contributed by atoms with E-state index in [2.05, 4.69) is 20.2 Å². The van der Waals surface area contributed by atoms with Gasteiger partial charge in [0.05, 0.1) is 19.5 Å². The number of ether oxygens (including phenoxy) is 2. The molecule has 33 heavy (non-hydrogen) atoms. The van der Waals surface area contributed by atoms with Crippen molar-refractivity contribution in [1.82, 2.24) is 20.2 Å². The number of hydrogen-bond donors (Lipinski definition) is 1. The Balaban J connectivity index is 1.60. The van der Waals surface area contributed by atoms with Gasteiger partial charge in [-0.2, -0.15) is 0 Å². The molecule has 1 N–H and O–H groups in total. The van der Waals surface area contributed by atoms with Crippen LogP contribution in [-0.2, 0) is 9.53 Å². The number of nitrogens with one attached hydrogen (secondary N) is 1. The van der Waals surface area contributed by atoms with Gasteiger partial charge in [-0.15, -0.1) is 0 Å². The number of anilines is 1. The Morgan fingerprint density at radius 3 is 2.64 bits per heavy atom. The molecule has 1 atom stereocenters. The number of nitrogens with zero attached hydrogens (tertiary/aromatic N) is 4. The van der Waals surface area contributed by atoms with Crippen molar-refractivity contribution in [3.63, 3.8) is 0 Å². The molecule has 1 aromatic carbocycles. The van der Waals surface area contributed by atoms with Crippen LogP contribution < -0.4 is 15.0 Å². The van der Waals surface area contributed by atoms with Crippen LogP contribution in [0.2, 0.25) is 5.15 Å². The monoisotopic (exact) mass is 493 g/mol. The average Bonchev–Trinajstić information content (AvgIpc) is 2.82. The van der Waals surface area contributed by atoms with Gasteiger partial charge in [0, 0.05) is 51.0 Å². The molecule has 9 nitrogen and oxygen atoms in total. The van der Waals surface area contributed by atoms with Crippen LogP contribution in [0, 0.1) is 0 Å². The molecular weight excluding hydrogens is 466 g/mol. The van der Waals surface area contributed by atoms with E-state index in [0.717, 1.165) is 0 Å². The molecule has 1 saturated heterocycles. The van der Waals surface area contributed by atoms with Crippen LogP contribution in [-0.4, -0.2) is 85.5 Å². The highest BCUT2D eigenvalue weighted by atomic mass is 35.5. The van der Waals surface area contributed by atoms with Crippen molar-refractivity contribution in [2.75, 3.05) is 57.7 Å². The predicted molar refractivity (Wildman–Crippen MR) is 128 cm³/mol. The summed E-state index contributed by atoms with van der Waals surface area (Å²) in [6.45, 7) is 4.70. The molecule has 2 amide bonds. The summed E-state index contributed by atoms with van der Waals surface area (Å²) in [7, 11) is 3.18. The molecule has 3 rings (SSSR count). The second-order valence-corrected chi connectivity index (χ2v) is 8.81. The van der Waals surface area contributed by atoms with Gasteiger partial charge in [0.1, 0.15) is 16.7 Å². The van der Waals surface area contributed by atoms with E-state index in [1.54, 1.807) is 44.6 Å². The summed E-state index contributed by atoms with van der Waals surface area (Å²) in [5.41, 5.74) is 0.628. The number of carbonyl (C=O) groups excluding carboxylic acids is 2. The Bertz CT molecular complexity index is 962. The number of amides is 2. The van der Waals surface area contributed by atoms with Gasteiger partial charge in [0.15, 0.2) is 5.16 Å². The second kappa shape index (κ2) is 12.1. The van der Waals surface area contributed by atoms with Gasteiger partial charge < -0.3 is 24.6 Å². The van der Waals surface area contributed by atoms with Crippen LogP contribution in [0.5, 0.6) is 5.75 Å². The second-order valence-electron chi connectivity index (χ2n) is 7.48. The maximum absolute atomic E-state index is 13.0. The quantitative estimate of drug-likeness (QED) is 0.246. The minimum absolute atomic E-state index is 0.0127. The first-order valence-corrected chi connectivity index (χ1v) is 11.9. The third-order valence-electron chi connectivity index (χ3n) is 5.17. The number of rotatable bonds is 9. The zero-order chi connectivity index (χ0) is 23.8. The van der Waals surface area contributed by atoms with Crippen molar-refractivity contribution in [2.45, 2.75) is 18.1 Å². The van der Waals surface area contributed by atoms with E-state index in [4.69, 9.17) is 21.1 Å². The lowest BCUT2D eigenvalue weighted by Gasteiger charge is -2.40. The number of halogens is 1. The molecule has 1 aliphatic rings. The van der Waals surface area contributed by atoms with E-state index in [-0.39, 0.29) is 23.6 Å². The smallest absolute Gasteiger partial charge is 0.254 e. The van der Waals surface area contributed by atoms with Gasteiger partial charge >= 0.3 is 0 Å². The van der Waals surface area contributed by atoms with Gasteiger partial charge in [-0.3, -0.25) is 9.59 Å². The number of aromatic nitrogens is 2. The average molecular weight is 494 g/mol. The van der Waals surface area contributed by atoms with Crippen LogP contribution in [0.1, 0.15) is 17.3 Å². The number of thioether (sulfide) groups is 1. The normalized spacial score (nSPS) is 15.9. The molecule has 11 heteroatoms. The molecule has 1 unspecified atom stereocenters. The standard InChI is InChI=1S/C22H28ClN5O4S/c1-15-13-27(9-10-28(15)21(30)16-4-6-17(32-3)7-5-16)19-12-18(23)25-22(26-19)33-14-20(29)24-8-11-31-2/h4-7,12,15H,8-11,13-14H2,1-3H3,(H,24,29). The van der Waals surface area contributed by atoms with Crippen molar-refractivity contribution in [3.05, 3.63) is 41.0 Å². The SMILES string of the molecule is COCCNC(=O)CSc1nc(Cl)cc(N2CCN(C(=O)c3ccc(OC)cc3)C(C)C2)n1. The molecule has 0 saturated carbocycles. The number of hydrogen-bond acceptors (Lipinski definition) is 8. The minimum atomic E-state index is -0.124. The summed E-state index contributed by atoms with van der Waals surface area (Å²) in [6, 6.07) is 8.81. The third-order valence-corrected chi connectivity index (χ3v) is 6.21. The molecule has 1 aliphatic heterocycles. The van der Waals surface area contributed by atoms with Gasteiger partial charge in [-0.05, 0) is 31.2 Å². The highest BCUT2D eigenvalue weighted by Gasteiger charge is 2.29. The third kappa shape index (κ3) is 6.96. The van der Waals surface area contributed by atoms with E-state index >= 15 is 0 Å². The molecule has 1 aromatic heterocycles. The van der Waals surface area contributed by atoms with Crippen molar-refractivity contribution < 1.29 is 19.1 Å². The van der Waals surface area contributed by atoms with E-state index in [1.807, 2.05) is 11.8 Å². The Hall–Kier alpha value is -2.56. The summed E-state index contributed by atoms with van der Waals surface area (Å²) in [5.74, 6) is 1.44. The summed E-state index contributed by atoms with van der Waals surface area (Å²) in [5, 5.41) is 3.51. The zero-order valence-electron chi connectivity index (χ0n) is 18.9. The fourth-order valence-corrected chi connectivity index (χ4v) is 4.36. The lowest BCUT2D eigenvalue weighted by Crippen LogP contribution is -2.54. The largest absolute Gasteiger partial charge is 0.497 e. The van der Waals surface area contributed by atoms with Crippen LogP contribution in [0.15, 0.2) is 35.5 Å². The number of methoxy groups -OCH3 is 2. The zero-order valence-corrected chi connectivity index (χ0v) is 20.5. The fourth-order valence-electron chi connectivity index (χ4n) is 3.45. The Morgan fingerprint density at radius 1 is 1.21 bits per heavy atom. The maximum Gasteiger partial charge on any atom is 0.254 e. The minimum Gasteiger partial charge on any atom is -0.497 e. The highest BCUT2D eigenvalue weighted by molar-refractivity contribution is 7.99. The maximum atomic E-state index is 13.0. The Kier molecular flexibility index (Phi) is 9.16. The topological polar surface area (TPSA) is 96.9 Å². The first-order valence-electron chi connectivity index (χ1n) is 10.5. The number of benzene rings is 1. The molecule has 2 aromatic rings. The van der Waals surface area contributed by atoms with Crippen LogP contribution >= 0.6 is 23.4 Å². The first kappa shape index (κ1) is 25.1. The van der Waals surface area contributed by atoms with Crippen LogP contribution in [0.4, 0.5) is 5.82 Å². The van der Waals surface area contributed by atoms with Crippen molar-refractivity contribution in [1.29, 1.82) is 0 Å². The van der Waals surface area contributed by atoms with Gasteiger partial charge in [0.25, 0.3) is 5.91 Å². The highest BCUT2D eigenvalue weighted by Crippen LogP contribution is 2.25. The number of piperazine rings is 1. The van der Waals surface area contributed by atoms with Crippen LogP contribution in [0.3, 0.4) is 0 Å². The lowest BCUT2D eigenvalue weighted by atomic mass is 10.1. The molecular formula is C22H28ClN5O4S. The Labute approximate surface area is 202 Å². The first-order chi connectivity index (χ1) is 15.9. The van der Waals surface area contributed by atoms with Gasteiger partial charge in [-0.1, -0.05) is 23.4 Å². The lowest BCUT2D eigenvalue weighted by molar-refractivity contribution is -0.118. The molecule has 0 radical (unpaired) electrons. The molecule has 0 bridgehead atoms. The number of carbonyl (C=O) groups is 2. The summed E-state index contributed by atoms with van der Waals surface area (Å²) in [6.07, 6.45) is 0. The van der Waals surface area contributed by atoms with Gasteiger partial charge in [-0.25, -0.2) is 9.97 Å². The van der Waals surface area contributed by atoms with Gasteiger partial charge in [0.2, 0.25) is 5.91 Å². The Morgan fingerprint density at radius 2 is 1.97 bits per heavy atom. The van der Waals surface area contributed by atoms with E-state index < -0.39 is 0 Å². The summed E-state index contributed by atoms with van der Waals surface area (Å²) < 4.78 is 10.1. The fraction of sp³-hybridized carbons (Fsp3) is 0.455. The van der Waals surface area contributed by atoms with E-state index in [0.29, 0.717) is 60.2 Å². The summed E-state index contributed by atoms with van der Waals surface area (Å²) >= 11 is 7.45. The predicted octanol–water partition coefficient (Wildman–Crippen LogP) is 2.34. The summed E-state index contributed by atoms with van der Waals surface area (Å²) in [4.78, 5) is 37.6. The molecule has 178 valence electrons. The molecule has 2 heterocycles. The van der Waals surface area contributed by atoms with E-state index in [9.17, 15) is 9.59 Å². The van der Waals surface area contributed by atoms with Crippen molar-refractivity contribution in [3.8, 4) is 5.75 Å².